The molecule has 1 heterocycles. The number of benzene rings is 1. The van der Waals surface area contributed by atoms with Crippen molar-refractivity contribution < 1.29 is 14.6 Å². The van der Waals surface area contributed by atoms with Gasteiger partial charge < -0.3 is 14.7 Å². The maximum Gasteiger partial charge on any atom is 0.260 e. The van der Waals surface area contributed by atoms with Gasteiger partial charge in [0.2, 0.25) is 0 Å². The van der Waals surface area contributed by atoms with Crippen LogP contribution in [0, 0.1) is 6.92 Å². The van der Waals surface area contributed by atoms with Crippen molar-refractivity contribution in [2.75, 3.05) is 19.7 Å². The Bertz CT molecular complexity index is 450. The number of aryl methyl sites for hydroxylation is 1. The van der Waals surface area contributed by atoms with Gasteiger partial charge in [-0.15, -0.1) is 0 Å². The van der Waals surface area contributed by atoms with Gasteiger partial charge in [0, 0.05) is 13.1 Å². The van der Waals surface area contributed by atoms with E-state index in [1.807, 2.05) is 13.0 Å². The zero-order valence-corrected chi connectivity index (χ0v) is 11.0. The topological polar surface area (TPSA) is 49.8 Å². The molecule has 1 atom stereocenters. The van der Waals surface area contributed by atoms with Gasteiger partial charge in [-0.3, -0.25) is 4.79 Å². The first-order chi connectivity index (χ1) is 8.56. The van der Waals surface area contributed by atoms with Crippen molar-refractivity contribution >= 4 is 17.5 Å². The summed E-state index contributed by atoms with van der Waals surface area (Å²) in [6.45, 7) is 2.87. The van der Waals surface area contributed by atoms with Gasteiger partial charge in [0.05, 0.1) is 11.1 Å². The maximum atomic E-state index is 11.8. The largest absolute Gasteiger partial charge is 0.482 e. The third-order valence-electron chi connectivity index (χ3n) is 2.95. The Hall–Kier alpha value is -1.26. The highest BCUT2D eigenvalue weighted by atomic mass is 35.5. The minimum absolute atomic E-state index is 0.0457. The number of aliphatic hydroxyl groups excluding tert-OH is 1. The molecule has 0 saturated carbocycles. The molecule has 0 aliphatic carbocycles. The molecule has 5 heteroatoms. The lowest BCUT2D eigenvalue weighted by atomic mass is 10.2. The van der Waals surface area contributed by atoms with Gasteiger partial charge in [-0.05, 0) is 31.0 Å². The van der Waals surface area contributed by atoms with Crippen LogP contribution in [0.4, 0.5) is 0 Å². The van der Waals surface area contributed by atoms with Crippen LogP contribution in [0.2, 0.25) is 5.02 Å². The summed E-state index contributed by atoms with van der Waals surface area (Å²) >= 11 is 5.97. The van der Waals surface area contributed by atoms with Crippen molar-refractivity contribution in [3.63, 3.8) is 0 Å². The zero-order chi connectivity index (χ0) is 13.1. The molecule has 1 aromatic rings. The summed E-state index contributed by atoms with van der Waals surface area (Å²) in [6.07, 6.45) is 0.230. The second kappa shape index (κ2) is 5.59. The predicted molar refractivity (Wildman–Crippen MR) is 68.9 cm³/mol. The number of hydrogen-bond donors (Lipinski definition) is 1. The number of hydrogen-bond acceptors (Lipinski definition) is 3. The number of carbonyl (C=O) groups is 1. The van der Waals surface area contributed by atoms with Gasteiger partial charge in [0.1, 0.15) is 5.75 Å². The Morgan fingerprint density at radius 3 is 3.06 bits per heavy atom. The van der Waals surface area contributed by atoms with Gasteiger partial charge >= 0.3 is 0 Å². The molecule has 0 unspecified atom stereocenters. The predicted octanol–water partition coefficient (Wildman–Crippen LogP) is 1.62. The van der Waals surface area contributed by atoms with Crippen molar-refractivity contribution in [1.82, 2.24) is 4.90 Å². The number of carbonyl (C=O) groups excluding carboxylic acids is 1. The monoisotopic (exact) mass is 269 g/mol. The molecule has 18 heavy (non-hydrogen) atoms. The van der Waals surface area contributed by atoms with E-state index in [0.29, 0.717) is 30.3 Å². The Morgan fingerprint density at radius 1 is 1.61 bits per heavy atom. The summed E-state index contributed by atoms with van der Waals surface area (Å²) < 4.78 is 5.42. The van der Waals surface area contributed by atoms with E-state index in [-0.39, 0.29) is 12.5 Å². The second-order valence-electron chi connectivity index (χ2n) is 4.50. The summed E-state index contributed by atoms with van der Waals surface area (Å²) in [5.74, 6) is 0.397. The van der Waals surface area contributed by atoms with Crippen molar-refractivity contribution in [3.05, 3.63) is 28.8 Å². The number of rotatable bonds is 3. The Morgan fingerprint density at radius 2 is 2.39 bits per heavy atom. The Labute approximate surface area is 111 Å². The minimum atomic E-state index is -0.406. The lowest BCUT2D eigenvalue weighted by Crippen LogP contribution is -2.33. The van der Waals surface area contributed by atoms with E-state index < -0.39 is 6.10 Å². The fraction of sp³-hybridized carbons (Fsp3) is 0.462. The fourth-order valence-electron chi connectivity index (χ4n) is 1.92. The highest BCUT2D eigenvalue weighted by molar-refractivity contribution is 6.32. The molecule has 0 spiro atoms. The van der Waals surface area contributed by atoms with Crippen molar-refractivity contribution in [3.8, 4) is 5.75 Å². The van der Waals surface area contributed by atoms with E-state index in [9.17, 15) is 9.90 Å². The van der Waals surface area contributed by atoms with E-state index in [0.717, 1.165) is 5.56 Å². The highest BCUT2D eigenvalue weighted by Crippen LogP contribution is 2.25. The SMILES string of the molecule is Cc1ccc(Cl)c(OCC(=O)N2CC[C@H](O)C2)c1. The number of halogens is 1. The summed E-state index contributed by atoms with van der Waals surface area (Å²) in [4.78, 5) is 13.4. The van der Waals surface area contributed by atoms with E-state index in [1.54, 1.807) is 17.0 Å². The molecule has 1 aliphatic heterocycles. The van der Waals surface area contributed by atoms with Crippen molar-refractivity contribution in [1.29, 1.82) is 0 Å². The quantitative estimate of drug-likeness (QED) is 0.907. The first-order valence-corrected chi connectivity index (χ1v) is 6.29. The van der Waals surface area contributed by atoms with Gasteiger partial charge in [0.15, 0.2) is 6.61 Å². The van der Waals surface area contributed by atoms with Crippen LogP contribution in [0.3, 0.4) is 0 Å². The highest BCUT2D eigenvalue weighted by Gasteiger charge is 2.24. The van der Waals surface area contributed by atoms with Gasteiger partial charge in [-0.25, -0.2) is 0 Å². The molecule has 1 aromatic carbocycles. The Kier molecular flexibility index (Phi) is 4.09. The normalized spacial score (nSPS) is 19.1. The fourth-order valence-corrected chi connectivity index (χ4v) is 2.09. The second-order valence-corrected chi connectivity index (χ2v) is 4.91. The molecule has 0 aromatic heterocycles. The van der Waals surface area contributed by atoms with Crippen LogP contribution in [0.15, 0.2) is 18.2 Å². The van der Waals surface area contributed by atoms with Gasteiger partial charge in [-0.1, -0.05) is 17.7 Å². The van der Waals surface area contributed by atoms with Gasteiger partial charge in [-0.2, -0.15) is 0 Å². The van der Waals surface area contributed by atoms with E-state index in [2.05, 4.69) is 0 Å². The third kappa shape index (κ3) is 3.15. The summed E-state index contributed by atoms with van der Waals surface area (Å²) in [5, 5.41) is 9.85. The van der Waals surface area contributed by atoms with E-state index in [1.165, 1.54) is 0 Å². The average molecular weight is 270 g/mol. The lowest BCUT2D eigenvalue weighted by Gasteiger charge is -2.16. The number of aliphatic hydroxyl groups is 1. The first kappa shape index (κ1) is 13.2. The average Bonchev–Trinajstić information content (AvgIpc) is 2.77. The lowest BCUT2D eigenvalue weighted by molar-refractivity contribution is -0.132. The maximum absolute atomic E-state index is 11.8. The number of ether oxygens (including phenoxy) is 1. The van der Waals surface area contributed by atoms with Crippen LogP contribution in [0.25, 0.3) is 0 Å². The van der Waals surface area contributed by atoms with E-state index >= 15 is 0 Å². The number of nitrogens with zero attached hydrogens (tertiary/aromatic N) is 1. The molecule has 98 valence electrons. The van der Waals surface area contributed by atoms with Crippen molar-refractivity contribution in [2.45, 2.75) is 19.4 Å². The molecule has 1 aliphatic rings. The van der Waals surface area contributed by atoms with Crippen LogP contribution in [-0.4, -0.2) is 41.7 Å². The van der Waals surface area contributed by atoms with Crippen LogP contribution in [0.1, 0.15) is 12.0 Å². The molecule has 1 N–H and O–H groups in total. The van der Waals surface area contributed by atoms with Gasteiger partial charge in [0.25, 0.3) is 5.91 Å². The molecule has 2 rings (SSSR count). The molecular formula is C13H16ClNO3. The number of amides is 1. The third-order valence-corrected chi connectivity index (χ3v) is 3.27. The molecule has 1 fully saturated rings. The first-order valence-electron chi connectivity index (χ1n) is 5.91. The molecule has 4 nitrogen and oxygen atoms in total. The zero-order valence-electron chi connectivity index (χ0n) is 10.2. The van der Waals surface area contributed by atoms with Crippen LogP contribution >= 0.6 is 11.6 Å². The molecule has 1 saturated heterocycles. The molecule has 1 amide bonds. The minimum Gasteiger partial charge on any atom is -0.482 e. The van der Waals surface area contributed by atoms with E-state index in [4.69, 9.17) is 16.3 Å². The van der Waals surface area contributed by atoms with Crippen molar-refractivity contribution in [2.24, 2.45) is 0 Å². The number of likely N-dealkylation sites (tertiary alicyclic amines) is 1. The number of β-amino-alcohol motifs (C(OH)–C–C–N with tert-alkyl or cyclic N) is 1. The molecular weight excluding hydrogens is 254 g/mol. The standard InChI is InChI=1S/C13H16ClNO3/c1-9-2-3-11(14)12(6-9)18-8-13(17)15-5-4-10(16)7-15/h2-3,6,10,16H,4-5,7-8H2,1H3/t10-/m0/s1. The smallest absolute Gasteiger partial charge is 0.260 e. The molecule has 0 bridgehead atoms. The van der Waals surface area contributed by atoms with Crippen LogP contribution in [-0.2, 0) is 4.79 Å². The Balaban J connectivity index is 1.91. The van der Waals surface area contributed by atoms with Crippen LogP contribution < -0.4 is 4.74 Å². The summed E-state index contributed by atoms with van der Waals surface area (Å²) in [5.41, 5.74) is 1.03. The molecule has 0 radical (unpaired) electrons. The summed E-state index contributed by atoms with van der Waals surface area (Å²) in [7, 11) is 0. The summed E-state index contributed by atoms with van der Waals surface area (Å²) in [6, 6.07) is 5.43. The van der Waals surface area contributed by atoms with Crippen LogP contribution in [0.5, 0.6) is 5.75 Å².